The van der Waals surface area contributed by atoms with Crippen LogP contribution in [0.1, 0.15) is 39.0 Å². The minimum atomic E-state index is -0.572. The fraction of sp³-hybridized carbons (Fsp3) is 0.917. The van der Waals surface area contributed by atoms with Crippen molar-refractivity contribution in [1.29, 1.82) is 0 Å². The standard InChI is InChI=1S/C12H21NO2S/c1-12(15)5-3-7-13(8-6-12)11(14)10-4-2-9-16-10/h10,15H,2-9H2,1H3. The first kappa shape index (κ1) is 12.2. The van der Waals surface area contributed by atoms with Crippen LogP contribution in [0.15, 0.2) is 0 Å². The first-order valence-corrected chi connectivity index (χ1v) is 7.26. The number of amides is 1. The maximum Gasteiger partial charge on any atom is 0.235 e. The molecule has 2 aliphatic heterocycles. The van der Waals surface area contributed by atoms with Crippen molar-refractivity contribution in [3.05, 3.63) is 0 Å². The number of carbonyl (C=O) groups excluding carboxylic acids is 1. The summed E-state index contributed by atoms with van der Waals surface area (Å²) in [7, 11) is 0. The van der Waals surface area contributed by atoms with Gasteiger partial charge in [0.1, 0.15) is 0 Å². The quantitative estimate of drug-likeness (QED) is 0.761. The van der Waals surface area contributed by atoms with E-state index in [0.717, 1.165) is 44.5 Å². The van der Waals surface area contributed by atoms with Crippen molar-refractivity contribution < 1.29 is 9.90 Å². The second-order valence-electron chi connectivity index (χ2n) is 5.18. The average molecular weight is 243 g/mol. The van der Waals surface area contributed by atoms with Gasteiger partial charge < -0.3 is 10.0 Å². The second kappa shape index (κ2) is 4.96. The monoisotopic (exact) mass is 243 g/mol. The molecule has 0 saturated carbocycles. The van der Waals surface area contributed by atoms with Gasteiger partial charge in [0, 0.05) is 13.1 Å². The van der Waals surface area contributed by atoms with E-state index in [1.54, 1.807) is 11.8 Å². The largest absolute Gasteiger partial charge is 0.390 e. The van der Waals surface area contributed by atoms with Crippen molar-refractivity contribution in [2.75, 3.05) is 18.8 Å². The molecule has 16 heavy (non-hydrogen) atoms. The van der Waals surface area contributed by atoms with Crippen molar-refractivity contribution in [3.63, 3.8) is 0 Å². The van der Waals surface area contributed by atoms with Gasteiger partial charge in [-0.05, 0) is 44.8 Å². The predicted octanol–water partition coefficient (Wildman–Crippen LogP) is 1.65. The highest BCUT2D eigenvalue weighted by atomic mass is 32.2. The Labute approximate surface area is 102 Å². The van der Waals surface area contributed by atoms with E-state index in [9.17, 15) is 9.90 Å². The summed E-state index contributed by atoms with van der Waals surface area (Å²) in [6, 6.07) is 0. The van der Waals surface area contributed by atoms with Crippen LogP contribution in [-0.4, -0.2) is 45.6 Å². The summed E-state index contributed by atoms with van der Waals surface area (Å²) in [6.45, 7) is 3.43. The Morgan fingerprint density at radius 3 is 2.88 bits per heavy atom. The van der Waals surface area contributed by atoms with Gasteiger partial charge in [0.2, 0.25) is 5.91 Å². The van der Waals surface area contributed by atoms with Crippen molar-refractivity contribution in [3.8, 4) is 0 Å². The van der Waals surface area contributed by atoms with Crippen molar-refractivity contribution in [1.82, 2.24) is 4.90 Å². The van der Waals surface area contributed by atoms with Crippen LogP contribution in [0.5, 0.6) is 0 Å². The van der Waals surface area contributed by atoms with E-state index in [-0.39, 0.29) is 5.25 Å². The van der Waals surface area contributed by atoms with Gasteiger partial charge in [-0.25, -0.2) is 0 Å². The van der Waals surface area contributed by atoms with Crippen LogP contribution in [0.25, 0.3) is 0 Å². The molecule has 3 nitrogen and oxygen atoms in total. The topological polar surface area (TPSA) is 40.5 Å². The molecule has 0 spiro atoms. The van der Waals surface area contributed by atoms with Gasteiger partial charge in [0.25, 0.3) is 0 Å². The molecule has 1 amide bonds. The Morgan fingerprint density at radius 1 is 1.38 bits per heavy atom. The summed E-state index contributed by atoms with van der Waals surface area (Å²) in [5, 5.41) is 10.2. The average Bonchev–Trinajstić information content (AvgIpc) is 2.69. The lowest BCUT2D eigenvalue weighted by atomic mass is 9.98. The zero-order valence-electron chi connectivity index (χ0n) is 9.95. The smallest absolute Gasteiger partial charge is 0.235 e. The van der Waals surface area contributed by atoms with Crippen LogP contribution < -0.4 is 0 Å². The maximum atomic E-state index is 12.2. The zero-order chi connectivity index (χ0) is 11.6. The van der Waals surface area contributed by atoms with Gasteiger partial charge in [-0.1, -0.05) is 0 Å². The number of hydrogen-bond donors (Lipinski definition) is 1. The van der Waals surface area contributed by atoms with Gasteiger partial charge in [-0.2, -0.15) is 0 Å². The highest BCUT2D eigenvalue weighted by Crippen LogP contribution is 2.29. The Morgan fingerprint density at radius 2 is 2.19 bits per heavy atom. The lowest BCUT2D eigenvalue weighted by Gasteiger charge is -2.24. The minimum absolute atomic E-state index is 0.197. The van der Waals surface area contributed by atoms with E-state index in [0.29, 0.717) is 5.91 Å². The maximum absolute atomic E-state index is 12.2. The molecule has 0 aromatic rings. The highest BCUT2D eigenvalue weighted by molar-refractivity contribution is 8.00. The van der Waals surface area contributed by atoms with E-state index >= 15 is 0 Å². The molecule has 0 aliphatic carbocycles. The highest BCUT2D eigenvalue weighted by Gasteiger charge is 2.31. The van der Waals surface area contributed by atoms with Crippen LogP contribution in [0.2, 0.25) is 0 Å². The summed E-state index contributed by atoms with van der Waals surface area (Å²) in [5.41, 5.74) is -0.572. The Balaban J connectivity index is 1.91. The number of nitrogens with zero attached hydrogens (tertiary/aromatic N) is 1. The fourth-order valence-electron chi connectivity index (χ4n) is 2.46. The van der Waals surface area contributed by atoms with E-state index in [4.69, 9.17) is 0 Å². The first-order valence-electron chi connectivity index (χ1n) is 6.21. The zero-order valence-corrected chi connectivity index (χ0v) is 10.8. The Bertz CT molecular complexity index is 262. The SMILES string of the molecule is CC1(O)CCCN(C(=O)C2CCCS2)CC1. The van der Waals surface area contributed by atoms with E-state index in [1.165, 1.54) is 6.42 Å². The lowest BCUT2D eigenvalue weighted by Crippen LogP contribution is -2.38. The first-order chi connectivity index (χ1) is 7.58. The van der Waals surface area contributed by atoms with E-state index in [2.05, 4.69) is 0 Å². The third-order valence-corrected chi connectivity index (χ3v) is 4.94. The molecular formula is C12H21NO2S. The van der Waals surface area contributed by atoms with Gasteiger partial charge in [0.15, 0.2) is 0 Å². The molecule has 4 heteroatoms. The predicted molar refractivity (Wildman–Crippen MR) is 66.5 cm³/mol. The summed E-state index contributed by atoms with van der Waals surface area (Å²) in [6.07, 6.45) is 4.67. The molecule has 0 bridgehead atoms. The molecule has 0 radical (unpaired) electrons. The number of likely N-dealkylation sites (tertiary alicyclic amines) is 1. The molecule has 2 saturated heterocycles. The fourth-order valence-corrected chi connectivity index (χ4v) is 3.70. The summed E-state index contributed by atoms with van der Waals surface area (Å²) >= 11 is 1.80. The van der Waals surface area contributed by atoms with Crippen LogP contribution in [-0.2, 0) is 4.79 Å². The Kier molecular flexibility index (Phi) is 3.80. The summed E-state index contributed by atoms with van der Waals surface area (Å²) in [5.74, 6) is 1.43. The molecule has 0 aromatic carbocycles. The number of rotatable bonds is 1. The number of hydrogen-bond acceptors (Lipinski definition) is 3. The van der Waals surface area contributed by atoms with Crippen LogP contribution in [0.3, 0.4) is 0 Å². The molecule has 2 fully saturated rings. The number of carbonyl (C=O) groups is 1. The van der Waals surface area contributed by atoms with Gasteiger partial charge in [-0.3, -0.25) is 4.79 Å². The van der Waals surface area contributed by atoms with E-state index < -0.39 is 5.60 Å². The number of aliphatic hydroxyl groups is 1. The molecule has 2 unspecified atom stereocenters. The third kappa shape index (κ3) is 2.92. The van der Waals surface area contributed by atoms with Crippen molar-refractivity contribution in [2.45, 2.75) is 49.9 Å². The van der Waals surface area contributed by atoms with Crippen LogP contribution in [0.4, 0.5) is 0 Å². The van der Waals surface area contributed by atoms with Gasteiger partial charge in [-0.15, -0.1) is 11.8 Å². The van der Waals surface area contributed by atoms with E-state index in [1.807, 2.05) is 11.8 Å². The molecule has 0 aromatic heterocycles. The van der Waals surface area contributed by atoms with Gasteiger partial charge in [0.05, 0.1) is 10.9 Å². The molecule has 2 atom stereocenters. The minimum Gasteiger partial charge on any atom is -0.390 e. The third-order valence-electron chi connectivity index (χ3n) is 3.58. The normalized spacial score (nSPS) is 36.1. The summed E-state index contributed by atoms with van der Waals surface area (Å²) in [4.78, 5) is 14.2. The van der Waals surface area contributed by atoms with Crippen molar-refractivity contribution >= 4 is 17.7 Å². The second-order valence-corrected chi connectivity index (χ2v) is 6.49. The molecule has 2 rings (SSSR count). The molecule has 1 N–H and O–H groups in total. The van der Waals surface area contributed by atoms with Gasteiger partial charge >= 0.3 is 0 Å². The molecule has 2 aliphatic rings. The molecular weight excluding hydrogens is 222 g/mol. The van der Waals surface area contributed by atoms with Crippen LogP contribution in [0, 0.1) is 0 Å². The lowest BCUT2D eigenvalue weighted by molar-refractivity contribution is -0.130. The van der Waals surface area contributed by atoms with Crippen molar-refractivity contribution in [2.24, 2.45) is 0 Å². The number of thioether (sulfide) groups is 1. The Hall–Kier alpha value is -0.220. The summed E-state index contributed by atoms with van der Waals surface area (Å²) < 4.78 is 0. The molecule has 2 heterocycles. The van der Waals surface area contributed by atoms with Crippen LogP contribution >= 0.6 is 11.8 Å². The molecule has 92 valence electrons.